The fourth-order valence-corrected chi connectivity index (χ4v) is 4.28. The van der Waals surface area contributed by atoms with Crippen molar-refractivity contribution in [3.8, 4) is 11.4 Å². The summed E-state index contributed by atoms with van der Waals surface area (Å²) in [6.07, 6.45) is 0. The van der Waals surface area contributed by atoms with Gasteiger partial charge >= 0.3 is 0 Å². The van der Waals surface area contributed by atoms with Gasteiger partial charge in [0.15, 0.2) is 11.0 Å². The number of benzene rings is 3. The molecule has 0 fully saturated rings. The highest BCUT2D eigenvalue weighted by molar-refractivity contribution is 8.00. The van der Waals surface area contributed by atoms with Crippen molar-refractivity contribution in [1.29, 1.82) is 0 Å². The molecule has 0 unspecified atom stereocenters. The normalized spacial score (nSPS) is 11.5. The van der Waals surface area contributed by atoms with Crippen LogP contribution in [0, 0.1) is 17.0 Å². The van der Waals surface area contributed by atoms with Gasteiger partial charge in [-0.3, -0.25) is 19.7 Å². The SMILES string of the molecule is Cc1ccc([N+](=O)[O-])cc1NC(=O)[C@@H](C)Sc1nnc(-c2ccc(NC(=O)c3ccccc3)cc2)n1C. The number of nitro groups is 1. The average Bonchev–Trinajstić information content (AvgIpc) is 3.25. The van der Waals surface area contributed by atoms with Gasteiger partial charge in [0.2, 0.25) is 5.91 Å². The smallest absolute Gasteiger partial charge is 0.271 e. The quantitative estimate of drug-likeness (QED) is 0.190. The Bertz CT molecular complexity index is 1450. The molecule has 2 amide bonds. The minimum atomic E-state index is -0.537. The number of thioether (sulfide) groups is 1. The van der Waals surface area contributed by atoms with Crippen LogP contribution in [0.5, 0.6) is 0 Å². The summed E-state index contributed by atoms with van der Waals surface area (Å²) in [5, 5.41) is 25.2. The Morgan fingerprint density at radius 2 is 1.70 bits per heavy atom. The molecule has 0 aliphatic rings. The van der Waals surface area contributed by atoms with Crippen LogP contribution >= 0.6 is 11.8 Å². The molecule has 2 N–H and O–H groups in total. The lowest BCUT2D eigenvalue weighted by Crippen LogP contribution is -2.23. The molecule has 1 heterocycles. The number of rotatable bonds is 8. The summed E-state index contributed by atoms with van der Waals surface area (Å²) in [5.74, 6) is 0.0977. The van der Waals surface area contributed by atoms with Crippen LogP contribution in [0.3, 0.4) is 0 Å². The number of nitro benzene ring substituents is 1. The molecule has 188 valence electrons. The summed E-state index contributed by atoms with van der Waals surface area (Å²) >= 11 is 1.23. The molecular weight excluding hydrogens is 492 g/mol. The maximum atomic E-state index is 12.8. The van der Waals surface area contributed by atoms with Crippen LogP contribution in [-0.2, 0) is 11.8 Å². The first kappa shape index (κ1) is 25.6. The first-order chi connectivity index (χ1) is 17.7. The topological polar surface area (TPSA) is 132 Å². The van der Waals surface area contributed by atoms with Crippen molar-refractivity contribution in [3.63, 3.8) is 0 Å². The molecule has 0 bridgehead atoms. The zero-order valence-corrected chi connectivity index (χ0v) is 21.2. The Kier molecular flexibility index (Phi) is 7.63. The number of nitrogens with one attached hydrogen (secondary N) is 2. The Labute approximate surface area is 217 Å². The molecule has 1 aromatic heterocycles. The highest BCUT2D eigenvalue weighted by Crippen LogP contribution is 2.28. The van der Waals surface area contributed by atoms with Gasteiger partial charge in [-0.25, -0.2) is 0 Å². The van der Waals surface area contributed by atoms with Gasteiger partial charge in [-0.05, 0) is 55.8 Å². The lowest BCUT2D eigenvalue weighted by atomic mass is 10.1. The molecule has 0 saturated heterocycles. The number of aromatic nitrogens is 3. The van der Waals surface area contributed by atoms with Crippen LogP contribution in [0.25, 0.3) is 11.4 Å². The molecule has 0 radical (unpaired) electrons. The predicted octanol–water partition coefficient (Wildman–Crippen LogP) is 5.07. The summed E-state index contributed by atoms with van der Waals surface area (Å²) in [6.45, 7) is 3.50. The molecular formula is C26H24N6O4S. The summed E-state index contributed by atoms with van der Waals surface area (Å²) in [4.78, 5) is 35.7. The van der Waals surface area contributed by atoms with E-state index in [2.05, 4.69) is 20.8 Å². The Hall–Kier alpha value is -4.51. The molecule has 11 heteroatoms. The van der Waals surface area contributed by atoms with E-state index in [1.165, 1.54) is 23.9 Å². The van der Waals surface area contributed by atoms with E-state index in [9.17, 15) is 19.7 Å². The first-order valence-corrected chi connectivity index (χ1v) is 12.2. The number of non-ortho nitro benzene ring substituents is 1. The van der Waals surface area contributed by atoms with Crippen molar-refractivity contribution >= 4 is 40.6 Å². The fraction of sp³-hybridized carbons (Fsp3) is 0.154. The van der Waals surface area contributed by atoms with E-state index in [0.29, 0.717) is 27.9 Å². The monoisotopic (exact) mass is 516 g/mol. The van der Waals surface area contributed by atoms with Crippen LogP contribution in [0.2, 0.25) is 0 Å². The highest BCUT2D eigenvalue weighted by atomic mass is 32.2. The number of anilines is 2. The number of carbonyl (C=O) groups is 2. The van der Waals surface area contributed by atoms with Crippen LogP contribution in [0.4, 0.5) is 17.1 Å². The van der Waals surface area contributed by atoms with Crippen molar-refractivity contribution < 1.29 is 14.5 Å². The zero-order valence-electron chi connectivity index (χ0n) is 20.3. The molecule has 0 saturated carbocycles. The molecule has 4 rings (SSSR count). The second kappa shape index (κ2) is 11.0. The Morgan fingerprint density at radius 1 is 1.00 bits per heavy atom. The number of amides is 2. The number of nitrogens with zero attached hydrogens (tertiary/aromatic N) is 4. The molecule has 0 aliphatic heterocycles. The van der Waals surface area contributed by atoms with Gasteiger partial charge in [0.1, 0.15) is 0 Å². The van der Waals surface area contributed by atoms with Gasteiger partial charge in [0.05, 0.1) is 15.9 Å². The Balaban J connectivity index is 1.41. The minimum Gasteiger partial charge on any atom is -0.325 e. The van der Waals surface area contributed by atoms with E-state index < -0.39 is 10.2 Å². The molecule has 4 aromatic rings. The van der Waals surface area contributed by atoms with Gasteiger partial charge in [0.25, 0.3) is 11.6 Å². The zero-order chi connectivity index (χ0) is 26.5. The number of hydrogen-bond acceptors (Lipinski definition) is 7. The molecule has 37 heavy (non-hydrogen) atoms. The first-order valence-electron chi connectivity index (χ1n) is 11.3. The molecule has 0 aliphatic carbocycles. The maximum absolute atomic E-state index is 12.8. The van der Waals surface area contributed by atoms with Gasteiger partial charge in [-0.1, -0.05) is 36.0 Å². The van der Waals surface area contributed by atoms with Crippen LogP contribution < -0.4 is 10.6 Å². The Morgan fingerprint density at radius 3 is 2.38 bits per heavy atom. The van der Waals surface area contributed by atoms with Crippen LogP contribution in [0.15, 0.2) is 78.0 Å². The van der Waals surface area contributed by atoms with Gasteiger partial charge < -0.3 is 15.2 Å². The van der Waals surface area contributed by atoms with E-state index >= 15 is 0 Å². The van der Waals surface area contributed by atoms with Crippen molar-refractivity contribution in [2.75, 3.05) is 10.6 Å². The molecule has 1 atom stereocenters. The van der Waals surface area contributed by atoms with E-state index in [1.807, 2.05) is 18.2 Å². The lowest BCUT2D eigenvalue weighted by Gasteiger charge is -2.13. The third-order valence-corrected chi connectivity index (χ3v) is 6.75. The number of aryl methyl sites for hydroxylation is 1. The van der Waals surface area contributed by atoms with Crippen LogP contribution in [-0.4, -0.2) is 36.8 Å². The lowest BCUT2D eigenvalue weighted by molar-refractivity contribution is -0.384. The second-order valence-electron chi connectivity index (χ2n) is 8.27. The number of carbonyl (C=O) groups excluding carboxylic acids is 2. The van der Waals surface area contributed by atoms with Crippen molar-refractivity contribution in [1.82, 2.24) is 14.8 Å². The summed E-state index contributed by atoms with van der Waals surface area (Å²) in [6, 6.07) is 20.5. The average molecular weight is 517 g/mol. The third-order valence-electron chi connectivity index (χ3n) is 5.61. The van der Waals surface area contributed by atoms with Gasteiger partial charge in [-0.15, -0.1) is 10.2 Å². The third kappa shape index (κ3) is 6.01. The van der Waals surface area contributed by atoms with E-state index in [4.69, 9.17) is 0 Å². The van der Waals surface area contributed by atoms with Crippen molar-refractivity contribution in [2.24, 2.45) is 7.05 Å². The summed E-state index contributed by atoms with van der Waals surface area (Å²) in [5.41, 5.74) is 3.04. The van der Waals surface area contributed by atoms with Crippen molar-refractivity contribution in [2.45, 2.75) is 24.3 Å². The van der Waals surface area contributed by atoms with Crippen LogP contribution in [0.1, 0.15) is 22.8 Å². The molecule has 3 aromatic carbocycles. The van der Waals surface area contributed by atoms with E-state index in [0.717, 1.165) is 11.1 Å². The van der Waals surface area contributed by atoms with E-state index in [1.54, 1.807) is 67.9 Å². The largest absolute Gasteiger partial charge is 0.325 e. The van der Waals surface area contributed by atoms with Crippen molar-refractivity contribution in [3.05, 3.63) is 94.0 Å². The van der Waals surface area contributed by atoms with Gasteiger partial charge in [-0.2, -0.15) is 0 Å². The highest BCUT2D eigenvalue weighted by Gasteiger charge is 2.21. The molecule has 0 spiro atoms. The molecule has 10 nitrogen and oxygen atoms in total. The fourth-order valence-electron chi connectivity index (χ4n) is 3.47. The number of hydrogen-bond donors (Lipinski definition) is 2. The summed E-state index contributed by atoms with van der Waals surface area (Å²) < 4.78 is 1.78. The maximum Gasteiger partial charge on any atom is 0.271 e. The standard InChI is InChI=1S/C26H24N6O4S/c1-16-9-14-21(32(35)36)15-22(16)28-24(33)17(2)37-26-30-29-23(31(26)3)18-10-12-20(13-11-18)27-25(34)19-7-5-4-6-8-19/h4-15,17H,1-3H3,(H,27,34)(H,28,33)/t17-/m1/s1. The van der Waals surface area contributed by atoms with Gasteiger partial charge in [0, 0.05) is 36.0 Å². The predicted molar refractivity (Wildman–Crippen MR) is 143 cm³/mol. The summed E-state index contributed by atoms with van der Waals surface area (Å²) in [7, 11) is 1.80. The van der Waals surface area contributed by atoms with E-state index in [-0.39, 0.29) is 17.5 Å². The second-order valence-corrected chi connectivity index (χ2v) is 9.58. The minimum absolute atomic E-state index is 0.0928.